The third-order valence-corrected chi connectivity index (χ3v) is 3.07. The molecular formula is C15H25NO2. The Kier molecular flexibility index (Phi) is 5.63. The highest BCUT2D eigenvalue weighted by molar-refractivity contribution is 5.33. The van der Waals surface area contributed by atoms with E-state index in [-0.39, 0.29) is 6.04 Å². The van der Waals surface area contributed by atoms with Crippen LogP contribution in [0.5, 0.6) is 5.75 Å². The Labute approximate surface area is 110 Å². The number of nitrogens with one attached hydrogen (secondary N) is 1. The molecule has 18 heavy (non-hydrogen) atoms. The van der Waals surface area contributed by atoms with Gasteiger partial charge in [-0.3, -0.25) is 0 Å². The van der Waals surface area contributed by atoms with Crippen molar-refractivity contribution in [3.05, 3.63) is 29.3 Å². The molecule has 102 valence electrons. The second-order valence-corrected chi connectivity index (χ2v) is 5.23. The molecule has 0 fully saturated rings. The number of hydrogen-bond donors (Lipinski definition) is 2. The van der Waals surface area contributed by atoms with Gasteiger partial charge < -0.3 is 15.2 Å². The van der Waals surface area contributed by atoms with E-state index in [0.717, 1.165) is 5.75 Å². The van der Waals surface area contributed by atoms with Crippen molar-refractivity contribution < 1.29 is 9.84 Å². The van der Waals surface area contributed by atoms with Gasteiger partial charge in [-0.05, 0) is 44.0 Å². The molecule has 0 aliphatic heterocycles. The molecule has 0 saturated heterocycles. The fraction of sp³-hybridized carbons (Fsp3) is 0.600. The molecule has 0 aliphatic carbocycles. The predicted molar refractivity (Wildman–Crippen MR) is 75.2 cm³/mol. The second kappa shape index (κ2) is 6.76. The quantitative estimate of drug-likeness (QED) is 0.816. The molecule has 3 heteroatoms. The van der Waals surface area contributed by atoms with Crippen molar-refractivity contribution in [1.82, 2.24) is 5.32 Å². The van der Waals surface area contributed by atoms with Gasteiger partial charge in [0.2, 0.25) is 0 Å². The number of rotatable bonds is 6. The van der Waals surface area contributed by atoms with Gasteiger partial charge in [0.1, 0.15) is 18.5 Å². The normalized spacial score (nSPS) is 14.6. The molecule has 0 saturated carbocycles. The van der Waals surface area contributed by atoms with Gasteiger partial charge in [0.05, 0.1) is 0 Å². The van der Waals surface area contributed by atoms with Crippen LogP contribution in [0.2, 0.25) is 0 Å². The van der Waals surface area contributed by atoms with Crippen molar-refractivity contribution in [2.75, 3.05) is 6.61 Å². The van der Waals surface area contributed by atoms with Crippen molar-refractivity contribution in [3.63, 3.8) is 0 Å². The predicted octanol–water partition coefficient (Wildman–Crippen LogP) is 2.43. The number of hydrogen-bond acceptors (Lipinski definition) is 3. The standard InChI is InChI=1S/C15H25NO2/c1-10(2)16-13(5)15(17)9-18-14-7-6-11(3)12(4)8-14/h6-8,10,13,15-17H,9H2,1-5H3. The van der Waals surface area contributed by atoms with E-state index >= 15 is 0 Å². The molecule has 1 rings (SSSR count). The second-order valence-electron chi connectivity index (χ2n) is 5.23. The number of ether oxygens (including phenoxy) is 1. The average molecular weight is 251 g/mol. The molecule has 2 atom stereocenters. The number of aliphatic hydroxyl groups is 1. The minimum atomic E-state index is -0.506. The maximum absolute atomic E-state index is 9.96. The summed E-state index contributed by atoms with van der Waals surface area (Å²) in [5, 5.41) is 13.2. The molecule has 0 heterocycles. The van der Waals surface area contributed by atoms with Gasteiger partial charge in [-0.25, -0.2) is 0 Å². The van der Waals surface area contributed by atoms with E-state index in [2.05, 4.69) is 33.0 Å². The topological polar surface area (TPSA) is 41.5 Å². The van der Waals surface area contributed by atoms with Crippen LogP contribution in [-0.4, -0.2) is 29.9 Å². The SMILES string of the molecule is Cc1ccc(OCC(O)C(C)NC(C)C)cc1C. The van der Waals surface area contributed by atoms with Gasteiger partial charge in [-0.2, -0.15) is 0 Å². The Morgan fingerprint density at radius 1 is 1.17 bits per heavy atom. The van der Waals surface area contributed by atoms with E-state index in [4.69, 9.17) is 4.74 Å². The van der Waals surface area contributed by atoms with Crippen LogP contribution in [0.4, 0.5) is 0 Å². The smallest absolute Gasteiger partial charge is 0.119 e. The zero-order valence-corrected chi connectivity index (χ0v) is 12.0. The fourth-order valence-electron chi connectivity index (χ4n) is 1.77. The van der Waals surface area contributed by atoms with E-state index in [0.29, 0.717) is 12.6 Å². The first-order chi connectivity index (χ1) is 8.40. The molecule has 1 aromatic carbocycles. The van der Waals surface area contributed by atoms with Crippen LogP contribution in [0.3, 0.4) is 0 Å². The van der Waals surface area contributed by atoms with Crippen LogP contribution in [-0.2, 0) is 0 Å². The minimum absolute atomic E-state index is 0.0246. The lowest BCUT2D eigenvalue weighted by atomic mass is 10.1. The average Bonchev–Trinajstić information content (AvgIpc) is 2.29. The maximum Gasteiger partial charge on any atom is 0.119 e. The molecule has 2 N–H and O–H groups in total. The summed E-state index contributed by atoms with van der Waals surface area (Å²) in [4.78, 5) is 0. The first-order valence-electron chi connectivity index (χ1n) is 6.54. The van der Waals surface area contributed by atoms with Gasteiger partial charge in [-0.1, -0.05) is 19.9 Å². The van der Waals surface area contributed by atoms with E-state index in [1.807, 2.05) is 25.1 Å². The van der Waals surface area contributed by atoms with Gasteiger partial charge in [0.15, 0.2) is 0 Å². The molecule has 0 aliphatic rings. The van der Waals surface area contributed by atoms with Gasteiger partial charge >= 0.3 is 0 Å². The zero-order valence-electron chi connectivity index (χ0n) is 12.0. The Bertz CT molecular complexity index is 377. The van der Waals surface area contributed by atoms with Crippen molar-refractivity contribution in [1.29, 1.82) is 0 Å². The lowest BCUT2D eigenvalue weighted by Crippen LogP contribution is -2.43. The summed E-state index contributed by atoms with van der Waals surface area (Å²) < 4.78 is 5.62. The third kappa shape index (κ3) is 4.67. The highest BCUT2D eigenvalue weighted by Gasteiger charge is 2.15. The molecule has 1 aromatic rings. The van der Waals surface area contributed by atoms with Gasteiger partial charge in [-0.15, -0.1) is 0 Å². The largest absolute Gasteiger partial charge is 0.491 e. The maximum atomic E-state index is 9.96. The first-order valence-corrected chi connectivity index (χ1v) is 6.54. The van der Waals surface area contributed by atoms with Crippen molar-refractivity contribution in [2.45, 2.75) is 52.8 Å². The van der Waals surface area contributed by atoms with Crippen molar-refractivity contribution >= 4 is 0 Å². The van der Waals surface area contributed by atoms with Gasteiger partial charge in [0.25, 0.3) is 0 Å². The minimum Gasteiger partial charge on any atom is -0.491 e. The van der Waals surface area contributed by atoms with Crippen molar-refractivity contribution in [2.24, 2.45) is 0 Å². The molecule has 0 aromatic heterocycles. The van der Waals surface area contributed by atoms with Crippen LogP contribution >= 0.6 is 0 Å². The summed E-state index contributed by atoms with van der Waals surface area (Å²) in [6, 6.07) is 6.36. The summed E-state index contributed by atoms with van der Waals surface area (Å²) >= 11 is 0. The van der Waals surface area contributed by atoms with E-state index in [1.54, 1.807) is 0 Å². The van der Waals surface area contributed by atoms with Crippen LogP contribution in [0, 0.1) is 13.8 Å². The van der Waals surface area contributed by atoms with E-state index < -0.39 is 6.10 Å². The molecule has 2 unspecified atom stereocenters. The lowest BCUT2D eigenvalue weighted by Gasteiger charge is -2.22. The molecular weight excluding hydrogens is 226 g/mol. The van der Waals surface area contributed by atoms with E-state index in [1.165, 1.54) is 11.1 Å². The Morgan fingerprint density at radius 2 is 1.83 bits per heavy atom. The summed E-state index contributed by atoms with van der Waals surface area (Å²) in [6.07, 6.45) is -0.506. The Balaban J connectivity index is 2.46. The fourth-order valence-corrected chi connectivity index (χ4v) is 1.77. The Hall–Kier alpha value is -1.06. The Morgan fingerprint density at radius 3 is 2.39 bits per heavy atom. The highest BCUT2D eigenvalue weighted by atomic mass is 16.5. The van der Waals surface area contributed by atoms with Crippen molar-refractivity contribution in [3.8, 4) is 5.75 Å². The number of benzene rings is 1. The molecule has 3 nitrogen and oxygen atoms in total. The first kappa shape index (κ1) is 15.0. The molecule has 0 radical (unpaired) electrons. The zero-order chi connectivity index (χ0) is 13.7. The summed E-state index contributed by atoms with van der Waals surface area (Å²) in [5.74, 6) is 0.814. The highest BCUT2D eigenvalue weighted by Crippen LogP contribution is 2.16. The van der Waals surface area contributed by atoms with Crippen LogP contribution in [0.15, 0.2) is 18.2 Å². The monoisotopic (exact) mass is 251 g/mol. The lowest BCUT2D eigenvalue weighted by molar-refractivity contribution is 0.0759. The van der Waals surface area contributed by atoms with Crippen LogP contribution in [0.1, 0.15) is 31.9 Å². The molecule has 0 amide bonds. The van der Waals surface area contributed by atoms with E-state index in [9.17, 15) is 5.11 Å². The number of aliphatic hydroxyl groups excluding tert-OH is 1. The molecule has 0 bridgehead atoms. The summed E-state index contributed by atoms with van der Waals surface area (Å²) in [7, 11) is 0. The van der Waals surface area contributed by atoms with Crippen LogP contribution < -0.4 is 10.1 Å². The third-order valence-electron chi connectivity index (χ3n) is 3.07. The van der Waals surface area contributed by atoms with Gasteiger partial charge in [0, 0.05) is 12.1 Å². The summed E-state index contributed by atoms with van der Waals surface area (Å²) in [5.41, 5.74) is 2.45. The molecule has 0 spiro atoms. The van der Waals surface area contributed by atoms with Crippen LogP contribution in [0.25, 0.3) is 0 Å². The number of aryl methyl sites for hydroxylation is 2. The summed E-state index contributed by atoms with van der Waals surface area (Å²) in [6.45, 7) is 10.5.